The number of aliphatic hydroxyl groups excluding tert-OH is 1. The van der Waals surface area contributed by atoms with Gasteiger partial charge in [-0.15, -0.1) is 0 Å². The van der Waals surface area contributed by atoms with Crippen molar-refractivity contribution in [2.45, 2.75) is 45.8 Å². The number of aliphatic hydroxyl groups is 1. The Morgan fingerprint density at radius 2 is 2.25 bits per heavy atom. The lowest BCUT2D eigenvalue weighted by Gasteiger charge is -2.35. The minimum Gasteiger partial charge on any atom is -0.388 e. The molecule has 1 heterocycles. The average molecular weight is 241 g/mol. The molecular formula is C11H19N3OS. The first-order valence-electron chi connectivity index (χ1n) is 5.91. The fraction of sp³-hybridized carbons (Fsp3) is 0.818. The van der Waals surface area contributed by atoms with Crippen LogP contribution in [0.3, 0.4) is 0 Å². The molecule has 1 aliphatic carbocycles. The van der Waals surface area contributed by atoms with Gasteiger partial charge in [-0.2, -0.15) is 5.10 Å². The van der Waals surface area contributed by atoms with Gasteiger partial charge in [0, 0.05) is 6.04 Å². The summed E-state index contributed by atoms with van der Waals surface area (Å²) in [6.45, 7) is 4.51. The summed E-state index contributed by atoms with van der Waals surface area (Å²) in [5.74, 6) is 1.96. The number of H-pyrrole nitrogens is 1. The van der Waals surface area contributed by atoms with Crippen LogP contribution in [-0.4, -0.2) is 19.9 Å². The van der Waals surface area contributed by atoms with E-state index in [2.05, 4.69) is 24.0 Å². The van der Waals surface area contributed by atoms with Gasteiger partial charge in [0.25, 0.3) is 0 Å². The molecule has 1 aromatic rings. The molecule has 0 radical (unpaired) electrons. The van der Waals surface area contributed by atoms with Crippen LogP contribution in [0, 0.1) is 16.6 Å². The number of hydrogen-bond acceptors (Lipinski definition) is 3. The molecule has 1 aliphatic rings. The molecular weight excluding hydrogens is 222 g/mol. The van der Waals surface area contributed by atoms with Crippen LogP contribution < -0.4 is 0 Å². The lowest BCUT2D eigenvalue weighted by atomic mass is 9.78. The third-order valence-electron chi connectivity index (χ3n) is 3.91. The summed E-state index contributed by atoms with van der Waals surface area (Å²) in [4.78, 5) is 0. The molecule has 4 nitrogen and oxygen atoms in total. The zero-order valence-electron chi connectivity index (χ0n) is 9.81. The summed E-state index contributed by atoms with van der Waals surface area (Å²) >= 11 is 5.25. The predicted octanol–water partition coefficient (Wildman–Crippen LogP) is 2.43. The molecule has 0 saturated heterocycles. The van der Waals surface area contributed by atoms with Gasteiger partial charge in [0.1, 0.15) is 6.61 Å². The summed E-state index contributed by atoms with van der Waals surface area (Å²) in [6.07, 6.45) is 3.65. The van der Waals surface area contributed by atoms with Gasteiger partial charge >= 0.3 is 0 Å². The summed E-state index contributed by atoms with van der Waals surface area (Å²) in [5.41, 5.74) is 0. The van der Waals surface area contributed by atoms with Crippen LogP contribution >= 0.6 is 12.2 Å². The normalized spacial score (nSPS) is 30.6. The fourth-order valence-corrected chi connectivity index (χ4v) is 3.00. The fourth-order valence-electron chi connectivity index (χ4n) is 2.71. The van der Waals surface area contributed by atoms with Gasteiger partial charge in [-0.1, -0.05) is 26.7 Å². The zero-order valence-corrected chi connectivity index (χ0v) is 10.6. The Bertz CT molecular complexity index is 412. The van der Waals surface area contributed by atoms with E-state index in [4.69, 9.17) is 12.2 Å². The number of nitrogens with zero attached hydrogens (tertiary/aromatic N) is 2. The van der Waals surface area contributed by atoms with Gasteiger partial charge in [0.05, 0.1) is 0 Å². The van der Waals surface area contributed by atoms with Crippen LogP contribution in [0.1, 0.15) is 45.0 Å². The molecule has 5 heteroatoms. The second kappa shape index (κ2) is 4.67. The van der Waals surface area contributed by atoms with E-state index >= 15 is 0 Å². The Morgan fingerprint density at radius 1 is 1.50 bits per heavy atom. The maximum Gasteiger partial charge on any atom is 0.195 e. The molecule has 1 aromatic heterocycles. The molecule has 1 saturated carbocycles. The summed E-state index contributed by atoms with van der Waals surface area (Å²) in [7, 11) is 0. The Kier molecular flexibility index (Phi) is 3.44. The highest BCUT2D eigenvalue weighted by Gasteiger charge is 2.30. The Labute approximate surface area is 101 Å². The Hall–Kier alpha value is -0.680. The molecule has 0 bridgehead atoms. The standard InChI is InChI=1S/C11H19N3OS/c1-7-4-3-5-9(8(7)2)14-10(6-15)12-13-11(14)16/h7-9,15H,3-6H2,1-2H3,(H,13,16). The number of nitrogens with one attached hydrogen (secondary N) is 1. The van der Waals surface area contributed by atoms with Crippen molar-refractivity contribution in [3.63, 3.8) is 0 Å². The van der Waals surface area contributed by atoms with Crippen LogP contribution in [-0.2, 0) is 6.61 Å². The molecule has 3 unspecified atom stereocenters. The second-order valence-electron chi connectivity index (χ2n) is 4.81. The maximum absolute atomic E-state index is 9.26. The van der Waals surface area contributed by atoms with E-state index in [1.165, 1.54) is 12.8 Å². The zero-order chi connectivity index (χ0) is 11.7. The van der Waals surface area contributed by atoms with Crippen molar-refractivity contribution in [2.75, 3.05) is 0 Å². The van der Waals surface area contributed by atoms with E-state index in [-0.39, 0.29) is 6.61 Å². The largest absolute Gasteiger partial charge is 0.388 e. The van der Waals surface area contributed by atoms with E-state index < -0.39 is 0 Å². The Balaban J connectivity index is 2.35. The molecule has 16 heavy (non-hydrogen) atoms. The first-order chi connectivity index (χ1) is 7.65. The van der Waals surface area contributed by atoms with Crippen molar-refractivity contribution < 1.29 is 5.11 Å². The number of hydrogen-bond donors (Lipinski definition) is 2. The van der Waals surface area contributed by atoms with E-state index in [1.54, 1.807) is 0 Å². The van der Waals surface area contributed by atoms with Crippen LogP contribution in [0.5, 0.6) is 0 Å². The first kappa shape index (κ1) is 11.8. The van der Waals surface area contributed by atoms with Crippen molar-refractivity contribution in [2.24, 2.45) is 11.8 Å². The summed E-state index contributed by atoms with van der Waals surface area (Å²) in [5, 5.41) is 16.1. The molecule has 0 aromatic carbocycles. The molecule has 2 N–H and O–H groups in total. The topological polar surface area (TPSA) is 53.8 Å². The lowest BCUT2D eigenvalue weighted by Crippen LogP contribution is -2.28. The average Bonchev–Trinajstić information content (AvgIpc) is 2.64. The molecule has 3 atom stereocenters. The van der Waals surface area contributed by atoms with Gasteiger partial charge in [-0.05, 0) is 30.5 Å². The number of aromatic amines is 1. The summed E-state index contributed by atoms with van der Waals surface area (Å²) < 4.78 is 2.64. The van der Waals surface area contributed by atoms with Gasteiger partial charge in [0.2, 0.25) is 0 Å². The van der Waals surface area contributed by atoms with Crippen molar-refractivity contribution in [3.05, 3.63) is 10.6 Å². The van der Waals surface area contributed by atoms with Gasteiger partial charge in [-0.25, -0.2) is 0 Å². The monoisotopic (exact) mass is 241 g/mol. The van der Waals surface area contributed by atoms with Crippen molar-refractivity contribution in [1.82, 2.24) is 14.8 Å². The van der Waals surface area contributed by atoms with Crippen LogP contribution in [0.4, 0.5) is 0 Å². The summed E-state index contributed by atoms with van der Waals surface area (Å²) in [6, 6.07) is 0.386. The molecule has 0 amide bonds. The first-order valence-corrected chi connectivity index (χ1v) is 6.32. The molecule has 90 valence electrons. The van der Waals surface area contributed by atoms with E-state index in [0.717, 1.165) is 6.42 Å². The number of rotatable bonds is 2. The molecule has 1 fully saturated rings. The highest BCUT2D eigenvalue weighted by atomic mass is 32.1. The third kappa shape index (κ3) is 1.94. The third-order valence-corrected chi connectivity index (χ3v) is 4.20. The SMILES string of the molecule is CC1CCCC(n2c(CO)n[nH]c2=S)C1C. The van der Waals surface area contributed by atoms with Crippen LogP contribution in [0.15, 0.2) is 0 Å². The minimum absolute atomic E-state index is 0.0509. The van der Waals surface area contributed by atoms with Crippen molar-refractivity contribution >= 4 is 12.2 Å². The second-order valence-corrected chi connectivity index (χ2v) is 5.19. The van der Waals surface area contributed by atoms with Gasteiger partial charge in [0.15, 0.2) is 10.6 Å². The highest BCUT2D eigenvalue weighted by molar-refractivity contribution is 7.71. The van der Waals surface area contributed by atoms with Gasteiger partial charge < -0.3 is 5.11 Å². The molecule has 0 spiro atoms. The minimum atomic E-state index is -0.0509. The molecule has 0 aliphatic heterocycles. The maximum atomic E-state index is 9.26. The van der Waals surface area contributed by atoms with Crippen molar-refractivity contribution in [3.8, 4) is 0 Å². The van der Waals surface area contributed by atoms with E-state index in [1.807, 2.05) is 4.57 Å². The smallest absolute Gasteiger partial charge is 0.195 e. The van der Waals surface area contributed by atoms with Crippen LogP contribution in [0.2, 0.25) is 0 Å². The predicted molar refractivity (Wildman–Crippen MR) is 64.6 cm³/mol. The number of aromatic nitrogens is 3. The van der Waals surface area contributed by atoms with Crippen LogP contribution in [0.25, 0.3) is 0 Å². The quantitative estimate of drug-likeness (QED) is 0.782. The van der Waals surface area contributed by atoms with E-state index in [9.17, 15) is 5.11 Å². The molecule has 2 rings (SSSR count). The lowest BCUT2D eigenvalue weighted by molar-refractivity contribution is 0.172. The van der Waals surface area contributed by atoms with E-state index in [0.29, 0.717) is 28.5 Å². The Morgan fingerprint density at radius 3 is 2.94 bits per heavy atom. The van der Waals surface area contributed by atoms with Crippen molar-refractivity contribution in [1.29, 1.82) is 0 Å². The highest BCUT2D eigenvalue weighted by Crippen LogP contribution is 2.38. The van der Waals surface area contributed by atoms with Gasteiger partial charge in [-0.3, -0.25) is 9.67 Å².